The molecule has 19 heavy (non-hydrogen) atoms. The number of benzene rings is 1. The number of aliphatic hydroxyl groups excluding tert-OH is 1. The van der Waals surface area contributed by atoms with Gasteiger partial charge in [-0.25, -0.2) is 0 Å². The van der Waals surface area contributed by atoms with Gasteiger partial charge in [0.05, 0.1) is 18.9 Å². The fourth-order valence-electron chi connectivity index (χ4n) is 1.71. The maximum atomic E-state index is 10.0. The minimum absolute atomic E-state index is 0.461. The maximum Gasteiger partial charge on any atom is 0.118 e. The Morgan fingerprint density at radius 3 is 2.68 bits per heavy atom. The number of hydrogen-bond donors (Lipinski definition) is 2. The second kappa shape index (κ2) is 6.82. The van der Waals surface area contributed by atoms with E-state index in [9.17, 15) is 5.11 Å². The Bertz CT molecular complexity index is 488. The number of aromatic nitrogens is 2. The molecule has 100 valence electrons. The smallest absolute Gasteiger partial charge is 0.118 e. The first-order valence-electron chi connectivity index (χ1n) is 6.09. The fraction of sp³-hybridized carbons (Fsp3) is 0.286. The second-order valence-corrected chi connectivity index (χ2v) is 4.13. The lowest BCUT2D eigenvalue weighted by molar-refractivity contribution is 0.174. The molecule has 1 heterocycles. The highest BCUT2D eigenvalue weighted by molar-refractivity contribution is 5.28. The quantitative estimate of drug-likeness (QED) is 0.818. The third-order valence-electron chi connectivity index (χ3n) is 2.77. The van der Waals surface area contributed by atoms with E-state index in [0.29, 0.717) is 13.1 Å². The van der Waals surface area contributed by atoms with E-state index in [-0.39, 0.29) is 0 Å². The molecule has 0 amide bonds. The summed E-state index contributed by atoms with van der Waals surface area (Å²) in [6, 6.07) is 11.1. The Hall–Kier alpha value is -1.98. The van der Waals surface area contributed by atoms with Crippen LogP contribution in [-0.4, -0.2) is 29.0 Å². The topological polar surface area (TPSA) is 67.3 Å². The lowest BCUT2D eigenvalue weighted by Crippen LogP contribution is -2.21. The molecule has 0 fully saturated rings. The number of hydrogen-bond acceptors (Lipinski definition) is 5. The first kappa shape index (κ1) is 13.5. The first-order chi connectivity index (χ1) is 9.29. The van der Waals surface area contributed by atoms with Crippen molar-refractivity contribution in [3.8, 4) is 5.75 Å². The molecule has 1 aromatic heterocycles. The summed E-state index contributed by atoms with van der Waals surface area (Å²) in [5, 5.41) is 20.9. The highest BCUT2D eigenvalue weighted by Gasteiger charge is 2.07. The maximum absolute atomic E-state index is 10.0. The number of nitrogens with zero attached hydrogens (tertiary/aromatic N) is 2. The van der Waals surface area contributed by atoms with Crippen molar-refractivity contribution in [1.29, 1.82) is 0 Å². The van der Waals surface area contributed by atoms with Crippen LogP contribution in [0.2, 0.25) is 0 Å². The summed E-state index contributed by atoms with van der Waals surface area (Å²) in [7, 11) is 1.62. The second-order valence-electron chi connectivity index (χ2n) is 4.13. The summed E-state index contributed by atoms with van der Waals surface area (Å²) >= 11 is 0. The Morgan fingerprint density at radius 1 is 1.26 bits per heavy atom. The van der Waals surface area contributed by atoms with E-state index < -0.39 is 6.10 Å². The number of nitrogens with one attached hydrogen (secondary N) is 1. The van der Waals surface area contributed by atoms with E-state index in [4.69, 9.17) is 4.74 Å². The van der Waals surface area contributed by atoms with Gasteiger partial charge < -0.3 is 15.2 Å². The van der Waals surface area contributed by atoms with Gasteiger partial charge in [-0.2, -0.15) is 10.2 Å². The summed E-state index contributed by atoms with van der Waals surface area (Å²) in [6.45, 7) is 1.05. The molecule has 0 aliphatic heterocycles. The molecule has 0 spiro atoms. The van der Waals surface area contributed by atoms with Crippen LogP contribution in [0.5, 0.6) is 5.75 Å². The fourth-order valence-corrected chi connectivity index (χ4v) is 1.71. The van der Waals surface area contributed by atoms with Crippen LogP contribution in [0.3, 0.4) is 0 Å². The van der Waals surface area contributed by atoms with Gasteiger partial charge in [0.15, 0.2) is 0 Å². The average molecular weight is 259 g/mol. The molecule has 2 rings (SSSR count). The van der Waals surface area contributed by atoms with Crippen LogP contribution < -0.4 is 10.1 Å². The Morgan fingerprint density at radius 2 is 2.05 bits per heavy atom. The van der Waals surface area contributed by atoms with Gasteiger partial charge in [-0.1, -0.05) is 12.1 Å². The van der Waals surface area contributed by atoms with E-state index in [1.807, 2.05) is 36.4 Å². The molecule has 2 N–H and O–H groups in total. The SMILES string of the molecule is COc1ccc(C(O)CNCc2cccnn2)cc1. The van der Waals surface area contributed by atoms with Crippen molar-refractivity contribution in [3.63, 3.8) is 0 Å². The van der Waals surface area contributed by atoms with Crippen LogP contribution in [0.15, 0.2) is 42.6 Å². The molecular formula is C14H17N3O2. The summed E-state index contributed by atoms with van der Waals surface area (Å²) in [6.07, 6.45) is 1.08. The molecule has 0 aliphatic carbocycles. The zero-order chi connectivity index (χ0) is 13.5. The number of methoxy groups -OCH3 is 1. The van der Waals surface area contributed by atoms with E-state index in [1.165, 1.54) is 0 Å². The molecule has 2 aromatic rings. The summed E-state index contributed by atoms with van der Waals surface area (Å²) in [4.78, 5) is 0. The van der Waals surface area contributed by atoms with Gasteiger partial charge in [-0.3, -0.25) is 0 Å². The minimum atomic E-state index is -0.553. The lowest BCUT2D eigenvalue weighted by Gasteiger charge is -2.12. The van der Waals surface area contributed by atoms with Crippen molar-refractivity contribution < 1.29 is 9.84 Å². The van der Waals surface area contributed by atoms with Crippen molar-refractivity contribution in [2.45, 2.75) is 12.6 Å². The van der Waals surface area contributed by atoms with Crippen LogP contribution >= 0.6 is 0 Å². The van der Waals surface area contributed by atoms with Crippen molar-refractivity contribution in [2.24, 2.45) is 0 Å². The molecule has 1 aromatic carbocycles. The molecule has 1 atom stereocenters. The van der Waals surface area contributed by atoms with Gasteiger partial charge >= 0.3 is 0 Å². The minimum Gasteiger partial charge on any atom is -0.497 e. The van der Waals surface area contributed by atoms with Crippen molar-refractivity contribution in [1.82, 2.24) is 15.5 Å². The predicted molar refractivity (Wildman–Crippen MR) is 71.7 cm³/mol. The van der Waals surface area contributed by atoms with E-state index in [0.717, 1.165) is 17.0 Å². The lowest BCUT2D eigenvalue weighted by atomic mass is 10.1. The highest BCUT2D eigenvalue weighted by atomic mass is 16.5. The molecule has 5 heteroatoms. The van der Waals surface area contributed by atoms with Crippen LogP contribution in [0, 0.1) is 0 Å². The number of ether oxygens (including phenoxy) is 1. The van der Waals surface area contributed by atoms with Crippen LogP contribution in [-0.2, 0) is 6.54 Å². The van der Waals surface area contributed by atoms with Crippen molar-refractivity contribution in [2.75, 3.05) is 13.7 Å². The van der Waals surface area contributed by atoms with Gasteiger partial charge in [-0.05, 0) is 29.8 Å². The third-order valence-corrected chi connectivity index (χ3v) is 2.77. The Labute approximate surface area is 112 Å². The monoisotopic (exact) mass is 259 g/mol. The summed E-state index contributed by atoms with van der Waals surface area (Å²) in [5.41, 5.74) is 1.71. The van der Waals surface area contributed by atoms with Crippen molar-refractivity contribution >= 4 is 0 Å². The van der Waals surface area contributed by atoms with Crippen LogP contribution in [0.1, 0.15) is 17.4 Å². The first-order valence-corrected chi connectivity index (χ1v) is 6.09. The molecule has 0 saturated heterocycles. The third kappa shape index (κ3) is 4.01. The van der Waals surface area contributed by atoms with E-state index in [1.54, 1.807) is 13.3 Å². The largest absolute Gasteiger partial charge is 0.497 e. The molecule has 0 bridgehead atoms. The standard InChI is InChI=1S/C14H17N3O2/c1-19-13-6-4-11(5-7-13)14(18)10-15-9-12-3-2-8-16-17-12/h2-8,14-15,18H,9-10H2,1H3. The molecular weight excluding hydrogens is 242 g/mol. The molecule has 1 unspecified atom stereocenters. The van der Waals surface area contributed by atoms with Gasteiger partial charge in [0.1, 0.15) is 5.75 Å². The number of rotatable bonds is 6. The van der Waals surface area contributed by atoms with E-state index >= 15 is 0 Å². The van der Waals surface area contributed by atoms with Crippen molar-refractivity contribution in [3.05, 3.63) is 53.9 Å². The Kier molecular flexibility index (Phi) is 4.83. The molecule has 0 saturated carbocycles. The van der Waals surface area contributed by atoms with Gasteiger partial charge in [0, 0.05) is 19.3 Å². The van der Waals surface area contributed by atoms with Gasteiger partial charge in [-0.15, -0.1) is 0 Å². The van der Waals surface area contributed by atoms with E-state index in [2.05, 4.69) is 15.5 Å². The predicted octanol–water partition coefficient (Wildman–Crippen LogP) is 1.31. The zero-order valence-electron chi connectivity index (χ0n) is 10.8. The molecule has 0 aliphatic rings. The number of aliphatic hydroxyl groups is 1. The normalized spacial score (nSPS) is 12.1. The van der Waals surface area contributed by atoms with Crippen LogP contribution in [0.4, 0.5) is 0 Å². The highest BCUT2D eigenvalue weighted by Crippen LogP contribution is 2.16. The molecule has 0 radical (unpaired) electrons. The average Bonchev–Trinajstić information content (AvgIpc) is 2.48. The zero-order valence-corrected chi connectivity index (χ0v) is 10.8. The summed E-state index contributed by atoms with van der Waals surface area (Å²) < 4.78 is 5.08. The summed E-state index contributed by atoms with van der Waals surface area (Å²) in [5.74, 6) is 0.781. The molecule has 5 nitrogen and oxygen atoms in total. The van der Waals surface area contributed by atoms with Crippen LogP contribution in [0.25, 0.3) is 0 Å². The van der Waals surface area contributed by atoms with Gasteiger partial charge in [0.25, 0.3) is 0 Å². The Balaban J connectivity index is 1.82. The van der Waals surface area contributed by atoms with Gasteiger partial charge in [0.2, 0.25) is 0 Å².